The minimum atomic E-state index is -0.113. The number of aryl methyl sites for hydroxylation is 1. The summed E-state index contributed by atoms with van der Waals surface area (Å²) in [7, 11) is 0. The van der Waals surface area contributed by atoms with E-state index in [4.69, 9.17) is 12.2 Å². The number of thiocarbonyl (C=S) groups is 1. The van der Waals surface area contributed by atoms with Gasteiger partial charge in [-0.15, -0.1) is 11.3 Å². The van der Waals surface area contributed by atoms with Gasteiger partial charge in [-0.05, 0) is 62.2 Å². The summed E-state index contributed by atoms with van der Waals surface area (Å²) in [6, 6.07) is 0.477. The standard InChI is InChI=1S/C16H23N3OS2/c1-3-12-9(2)22-8-13(12)15(20)18-19-16(21)17-14-7-10-4-5-11(14)6-10/h8,10-11,14H,3-7H2,1-2H3,(H,18,20)(H2,17,19,21). The highest BCUT2D eigenvalue weighted by molar-refractivity contribution is 7.80. The maximum absolute atomic E-state index is 12.3. The molecule has 2 aliphatic rings. The summed E-state index contributed by atoms with van der Waals surface area (Å²) in [5.41, 5.74) is 7.44. The Morgan fingerprint density at radius 3 is 2.82 bits per heavy atom. The molecule has 1 aromatic rings. The third kappa shape index (κ3) is 3.13. The number of fused-ring (bicyclic) bond motifs is 2. The molecule has 1 heterocycles. The van der Waals surface area contributed by atoms with Gasteiger partial charge in [0.1, 0.15) is 0 Å². The number of nitrogens with one attached hydrogen (secondary N) is 3. The number of carbonyl (C=O) groups is 1. The smallest absolute Gasteiger partial charge is 0.270 e. The fourth-order valence-electron chi connectivity index (χ4n) is 3.92. The molecule has 4 nitrogen and oxygen atoms in total. The monoisotopic (exact) mass is 337 g/mol. The lowest BCUT2D eigenvalue weighted by Gasteiger charge is -2.24. The van der Waals surface area contributed by atoms with E-state index in [-0.39, 0.29) is 5.91 Å². The van der Waals surface area contributed by atoms with E-state index in [1.165, 1.54) is 30.6 Å². The average Bonchev–Trinajstić information content (AvgIpc) is 3.19. The van der Waals surface area contributed by atoms with Crippen molar-refractivity contribution in [2.45, 2.75) is 52.0 Å². The Morgan fingerprint density at radius 1 is 1.36 bits per heavy atom. The molecule has 0 spiro atoms. The first-order valence-corrected chi connectivity index (χ1v) is 9.31. The lowest BCUT2D eigenvalue weighted by molar-refractivity contribution is 0.0943. The predicted octanol–water partition coefficient (Wildman–Crippen LogP) is 2.92. The molecule has 2 saturated carbocycles. The number of thiophene rings is 1. The van der Waals surface area contributed by atoms with Gasteiger partial charge in [-0.25, -0.2) is 0 Å². The number of hydrogen-bond donors (Lipinski definition) is 3. The zero-order valence-electron chi connectivity index (χ0n) is 13.1. The van der Waals surface area contributed by atoms with Gasteiger partial charge in [-0.2, -0.15) is 0 Å². The molecule has 2 fully saturated rings. The van der Waals surface area contributed by atoms with E-state index in [1.807, 2.05) is 5.38 Å². The van der Waals surface area contributed by atoms with Crippen LogP contribution in [0.5, 0.6) is 0 Å². The summed E-state index contributed by atoms with van der Waals surface area (Å²) >= 11 is 6.92. The summed E-state index contributed by atoms with van der Waals surface area (Å²) in [4.78, 5) is 13.5. The van der Waals surface area contributed by atoms with Crippen molar-refractivity contribution in [3.8, 4) is 0 Å². The lowest BCUT2D eigenvalue weighted by Crippen LogP contribution is -2.50. The zero-order valence-corrected chi connectivity index (χ0v) is 14.7. The molecule has 0 saturated heterocycles. The molecule has 2 bridgehead atoms. The topological polar surface area (TPSA) is 53.2 Å². The molecule has 3 unspecified atom stereocenters. The summed E-state index contributed by atoms with van der Waals surface area (Å²) in [6.07, 6.45) is 6.10. The third-order valence-corrected chi connectivity index (χ3v) is 6.22. The van der Waals surface area contributed by atoms with Crippen LogP contribution in [-0.4, -0.2) is 17.1 Å². The van der Waals surface area contributed by atoms with Gasteiger partial charge >= 0.3 is 0 Å². The van der Waals surface area contributed by atoms with E-state index < -0.39 is 0 Å². The van der Waals surface area contributed by atoms with Gasteiger partial charge < -0.3 is 5.32 Å². The van der Waals surface area contributed by atoms with Crippen molar-refractivity contribution in [1.82, 2.24) is 16.2 Å². The Balaban J connectivity index is 1.49. The van der Waals surface area contributed by atoms with Crippen molar-refractivity contribution in [2.24, 2.45) is 11.8 Å². The maximum Gasteiger partial charge on any atom is 0.270 e. The van der Waals surface area contributed by atoms with Crippen LogP contribution in [0, 0.1) is 18.8 Å². The second-order valence-electron chi connectivity index (χ2n) is 6.37. The molecule has 1 amide bonds. The van der Waals surface area contributed by atoms with E-state index in [9.17, 15) is 4.79 Å². The van der Waals surface area contributed by atoms with Crippen molar-refractivity contribution in [2.75, 3.05) is 0 Å². The van der Waals surface area contributed by atoms with E-state index in [0.29, 0.717) is 11.2 Å². The zero-order chi connectivity index (χ0) is 15.7. The molecule has 3 N–H and O–H groups in total. The minimum Gasteiger partial charge on any atom is -0.358 e. The molecule has 6 heteroatoms. The second kappa shape index (κ2) is 6.54. The van der Waals surface area contributed by atoms with Gasteiger partial charge in [0.2, 0.25) is 0 Å². The number of hydrogen-bond acceptors (Lipinski definition) is 3. The van der Waals surface area contributed by atoms with E-state index in [0.717, 1.165) is 29.4 Å². The largest absolute Gasteiger partial charge is 0.358 e. The van der Waals surface area contributed by atoms with Crippen LogP contribution in [0.4, 0.5) is 0 Å². The van der Waals surface area contributed by atoms with Crippen LogP contribution in [0.25, 0.3) is 0 Å². The molecular formula is C16H23N3OS2. The predicted molar refractivity (Wildman–Crippen MR) is 94.0 cm³/mol. The van der Waals surface area contributed by atoms with Gasteiger partial charge in [0.05, 0.1) is 5.56 Å². The Bertz CT molecular complexity index is 584. The molecule has 0 aliphatic heterocycles. The first kappa shape index (κ1) is 15.7. The number of carbonyl (C=O) groups excluding carboxylic acids is 1. The highest BCUT2D eigenvalue weighted by Crippen LogP contribution is 2.44. The molecule has 2 aliphatic carbocycles. The van der Waals surface area contributed by atoms with Gasteiger partial charge in [0, 0.05) is 16.3 Å². The van der Waals surface area contributed by atoms with Crippen LogP contribution in [0.3, 0.4) is 0 Å². The number of hydrazine groups is 1. The van der Waals surface area contributed by atoms with Crippen LogP contribution in [0.1, 0.15) is 53.4 Å². The molecule has 3 atom stereocenters. The Hall–Kier alpha value is -1.14. The molecule has 1 aromatic heterocycles. The minimum absolute atomic E-state index is 0.113. The molecular weight excluding hydrogens is 314 g/mol. The van der Waals surface area contributed by atoms with E-state index in [2.05, 4.69) is 30.0 Å². The fourth-order valence-corrected chi connectivity index (χ4v) is 5.06. The number of rotatable bonds is 3. The van der Waals surface area contributed by atoms with Crippen molar-refractivity contribution >= 4 is 34.6 Å². The molecule has 0 aromatic carbocycles. The van der Waals surface area contributed by atoms with Crippen LogP contribution in [-0.2, 0) is 6.42 Å². The highest BCUT2D eigenvalue weighted by Gasteiger charge is 2.39. The quantitative estimate of drug-likeness (QED) is 0.586. The first-order valence-electron chi connectivity index (χ1n) is 8.02. The normalized spacial score (nSPS) is 26.0. The number of amides is 1. The van der Waals surface area contributed by atoms with Crippen molar-refractivity contribution in [1.29, 1.82) is 0 Å². The van der Waals surface area contributed by atoms with E-state index >= 15 is 0 Å². The van der Waals surface area contributed by atoms with Crippen LogP contribution in [0.2, 0.25) is 0 Å². The van der Waals surface area contributed by atoms with Gasteiger partial charge in [-0.3, -0.25) is 15.6 Å². The summed E-state index contributed by atoms with van der Waals surface area (Å²) in [5, 5.41) is 5.80. The average molecular weight is 338 g/mol. The maximum atomic E-state index is 12.3. The van der Waals surface area contributed by atoms with Crippen molar-refractivity contribution < 1.29 is 4.79 Å². The van der Waals surface area contributed by atoms with Crippen LogP contribution >= 0.6 is 23.6 Å². The second-order valence-corrected chi connectivity index (χ2v) is 7.86. The van der Waals surface area contributed by atoms with E-state index in [1.54, 1.807) is 11.3 Å². The Morgan fingerprint density at radius 2 is 2.18 bits per heavy atom. The third-order valence-electron chi connectivity index (χ3n) is 5.05. The van der Waals surface area contributed by atoms with Gasteiger partial charge in [-0.1, -0.05) is 13.3 Å². The van der Waals surface area contributed by atoms with Gasteiger partial charge in [0.15, 0.2) is 5.11 Å². The Kier molecular flexibility index (Phi) is 4.68. The SMILES string of the molecule is CCc1c(C(=O)NNC(=S)NC2CC3CCC2C3)csc1C. The molecule has 120 valence electrons. The lowest BCUT2D eigenvalue weighted by atomic mass is 9.96. The van der Waals surface area contributed by atoms with Crippen LogP contribution in [0.15, 0.2) is 5.38 Å². The molecule has 22 heavy (non-hydrogen) atoms. The summed E-state index contributed by atoms with van der Waals surface area (Å²) in [5.74, 6) is 1.52. The van der Waals surface area contributed by atoms with Crippen molar-refractivity contribution in [3.63, 3.8) is 0 Å². The summed E-state index contributed by atoms with van der Waals surface area (Å²) in [6.45, 7) is 4.12. The first-order chi connectivity index (χ1) is 10.6. The highest BCUT2D eigenvalue weighted by atomic mass is 32.1. The fraction of sp³-hybridized carbons (Fsp3) is 0.625. The molecule has 0 radical (unpaired) electrons. The summed E-state index contributed by atoms with van der Waals surface area (Å²) < 4.78 is 0. The Labute approximate surface area is 141 Å². The van der Waals surface area contributed by atoms with Crippen molar-refractivity contribution in [3.05, 3.63) is 21.4 Å². The molecule has 3 rings (SSSR count). The van der Waals surface area contributed by atoms with Gasteiger partial charge in [0.25, 0.3) is 5.91 Å². The van der Waals surface area contributed by atoms with Crippen LogP contribution < -0.4 is 16.2 Å².